The third kappa shape index (κ3) is 3.46. The van der Waals surface area contributed by atoms with Crippen LogP contribution in [0.3, 0.4) is 0 Å². The lowest BCUT2D eigenvalue weighted by atomic mass is 9.80. The zero-order valence-electron chi connectivity index (χ0n) is 11.8. The lowest BCUT2D eigenvalue weighted by Gasteiger charge is -2.32. The molecule has 2 atom stereocenters. The number of hydrogen-bond donors (Lipinski definition) is 2. The van der Waals surface area contributed by atoms with Gasteiger partial charge in [-0.15, -0.1) is 0 Å². The molecule has 1 aliphatic rings. The van der Waals surface area contributed by atoms with Crippen molar-refractivity contribution in [2.75, 3.05) is 5.32 Å². The molecule has 1 aromatic heterocycles. The van der Waals surface area contributed by atoms with Gasteiger partial charge < -0.3 is 10.4 Å². The number of aromatic carboxylic acids is 1. The molecule has 2 unspecified atom stereocenters. The lowest BCUT2D eigenvalue weighted by molar-refractivity contribution is 0.0695. The number of rotatable bonds is 3. The standard InChI is InChI=1S/C15H22N2O2/c1-9-6-10(2)8-12(7-9)17-14-5-4-13(15(18)19)11(3)16-14/h4-5,9-10,12H,6-8H2,1-3H3,(H,16,17)(H,18,19). The highest BCUT2D eigenvalue weighted by Crippen LogP contribution is 2.30. The van der Waals surface area contributed by atoms with Gasteiger partial charge in [-0.05, 0) is 50.2 Å². The van der Waals surface area contributed by atoms with Crippen LogP contribution in [-0.2, 0) is 0 Å². The predicted molar refractivity (Wildman–Crippen MR) is 75.5 cm³/mol. The molecule has 0 radical (unpaired) electrons. The fraction of sp³-hybridized carbons (Fsp3) is 0.600. The molecule has 1 saturated carbocycles. The Balaban J connectivity index is 2.07. The van der Waals surface area contributed by atoms with E-state index in [2.05, 4.69) is 24.1 Å². The minimum atomic E-state index is -0.920. The predicted octanol–water partition coefficient (Wildman–Crippen LogP) is 3.32. The maximum Gasteiger partial charge on any atom is 0.337 e. The Hall–Kier alpha value is -1.58. The maximum atomic E-state index is 10.9. The number of carbonyl (C=O) groups is 1. The molecule has 4 heteroatoms. The molecule has 0 aromatic carbocycles. The summed E-state index contributed by atoms with van der Waals surface area (Å²) >= 11 is 0. The van der Waals surface area contributed by atoms with Crippen molar-refractivity contribution in [3.63, 3.8) is 0 Å². The monoisotopic (exact) mass is 262 g/mol. The normalized spacial score (nSPS) is 27.0. The van der Waals surface area contributed by atoms with Crippen LogP contribution in [0.2, 0.25) is 0 Å². The Morgan fingerprint density at radius 2 is 1.89 bits per heavy atom. The molecule has 0 spiro atoms. The maximum absolute atomic E-state index is 10.9. The molecule has 0 bridgehead atoms. The van der Waals surface area contributed by atoms with Crippen LogP contribution in [0.15, 0.2) is 12.1 Å². The molecule has 19 heavy (non-hydrogen) atoms. The first-order chi connectivity index (χ1) is 8.95. The second-order valence-corrected chi connectivity index (χ2v) is 5.89. The van der Waals surface area contributed by atoms with E-state index in [1.807, 2.05) is 0 Å². The third-order valence-electron chi connectivity index (χ3n) is 3.85. The van der Waals surface area contributed by atoms with E-state index in [4.69, 9.17) is 5.11 Å². The lowest BCUT2D eigenvalue weighted by Crippen LogP contribution is -2.30. The Morgan fingerprint density at radius 1 is 1.26 bits per heavy atom. The van der Waals surface area contributed by atoms with Crippen LogP contribution >= 0.6 is 0 Å². The number of carboxylic acids is 1. The van der Waals surface area contributed by atoms with Crippen molar-refractivity contribution in [2.45, 2.75) is 46.1 Å². The number of anilines is 1. The average molecular weight is 262 g/mol. The summed E-state index contributed by atoms with van der Waals surface area (Å²) in [6.07, 6.45) is 3.61. The van der Waals surface area contributed by atoms with E-state index in [9.17, 15) is 4.79 Å². The second-order valence-electron chi connectivity index (χ2n) is 5.89. The quantitative estimate of drug-likeness (QED) is 0.877. The summed E-state index contributed by atoms with van der Waals surface area (Å²) in [6, 6.07) is 3.84. The summed E-state index contributed by atoms with van der Waals surface area (Å²) < 4.78 is 0. The first-order valence-electron chi connectivity index (χ1n) is 6.93. The van der Waals surface area contributed by atoms with Gasteiger partial charge in [0.15, 0.2) is 0 Å². The minimum absolute atomic E-state index is 0.274. The fourth-order valence-electron chi connectivity index (χ4n) is 3.14. The highest BCUT2D eigenvalue weighted by Gasteiger charge is 2.24. The molecule has 2 N–H and O–H groups in total. The summed E-state index contributed by atoms with van der Waals surface area (Å²) in [5.41, 5.74) is 0.838. The number of nitrogens with zero attached hydrogens (tertiary/aromatic N) is 1. The molecule has 0 amide bonds. The Labute approximate surface area is 114 Å². The van der Waals surface area contributed by atoms with Crippen molar-refractivity contribution in [2.24, 2.45) is 11.8 Å². The van der Waals surface area contributed by atoms with Gasteiger partial charge in [0.2, 0.25) is 0 Å². The zero-order valence-corrected chi connectivity index (χ0v) is 11.8. The fourth-order valence-corrected chi connectivity index (χ4v) is 3.14. The molecular weight excluding hydrogens is 240 g/mol. The van der Waals surface area contributed by atoms with Crippen LogP contribution in [0.5, 0.6) is 0 Å². The number of pyridine rings is 1. The van der Waals surface area contributed by atoms with E-state index in [0.717, 1.165) is 30.5 Å². The number of aromatic nitrogens is 1. The Bertz CT molecular complexity index is 463. The van der Waals surface area contributed by atoms with Crippen LogP contribution in [0, 0.1) is 18.8 Å². The molecule has 1 fully saturated rings. The third-order valence-corrected chi connectivity index (χ3v) is 3.85. The van der Waals surface area contributed by atoms with Gasteiger partial charge in [0, 0.05) is 6.04 Å². The van der Waals surface area contributed by atoms with Gasteiger partial charge in [-0.25, -0.2) is 9.78 Å². The Kier molecular flexibility index (Phi) is 4.08. The number of hydrogen-bond acceptors (Lipinski definition) is 3. The molecule has 0 aliphatic heterocycles. The molecule has 4 nitrogen and oxygen atoms in total. The van der Waals surface area contributed by atoms with Crippen LogP contribution in [-0.4, -0.2) is 22.1 Å². The van der Waals surface area contributed by atoms with Gasteiger partial charge in [0.05, 0.1) is 11.3 Å². The van der Waals surface area contributed by atoms with Crippen LogP contribution in [0.1, 0.15) is 49.2 Å². The van der Waals surface area contributed by atoms with Gasteiger partial charge in [-0.2, -0.15) is 0 Å². The minimum Gasteiger partial charge on any atom is -0.478 e. The van der Waals surface area contributed by atoms with E-state index in [1.165, 1.54) is 6.42 Å². The summed E-state index contributed by atoms with van der Waals surface area (Å²) in [5.74, 6) is 1.34. The molecule has 2 rings (SSSR count). The van der Waals surface area contributed by atoms with Gasteiger partial charge in [0.25, 0.3) is 0 Å². The number of aryl methyl sites for hydroxylation is 1. The smallest absolute Gasteiger partial charge is 0.337 e. The Morgan fingerprint density at radius 3 is 2.42 bits per heavy atom. The summed E-state index contributed by atoms with van der Waals surface area (Å²) in [7, 11) is 0. The molecule has 1 aromatic rings. The van der Waals surface area contributed by atoms with Gasteiger partial charge in [0.1, 0.15) is 5.82 Å². The second kappa shape index (κ2) is 5.59. The SMILES string of the molecule is Cc1nc(NC2CC(C)CC(C)C2)ccc1C(=O)O. The van der Waals surface area contributed by atoms with Gasteiger partial charge in [-0.3, -0.25) is 0 Å². The van der Waals surface area contributed by atoms with Crippen LogP contribution in [0.25, 0.3) is 0 Å². The topological polar surface area (TPSA) is 62.2 Å². The van der Waals surface area contributed by atoms with E-state index >= 15 is 0 Å². The highest BCUT2D eigenvalue weighted by atomic mass is 16.4. The molecule has 1 aliphatic carbocycles. The van der Waals surface area contributed by atoms with E-state index in [1.54, 1.807) is 19.1 Å². The van der Waals surface area contributed by atoms with Crippen LogP contribution < -0.4 is 5.32 Å². The van der Waals surface area contributed by atoms with Crippen molar-refractivity contribution in [3.8, 4) is 0 Å². The van der Waals surface area contributed by atoms with E-state index in [0.29, 0.717) is 11.7 Å². The van der Waals surface area contributed by atoms with Crippen molar-refractivity contribution in [1.29, 1.82) is 0 Å². The summed E-state index contributed by atoms with van der Waals surface area (Å²) in [6.45, 7) is 6.31. The van der Waals surface area contributed by atoms with Crippen molar-refractivity contribution >= 4 is 11.8 Å². The number of nitrogens with one attached hydrogen (secondary N) is 1. The largest absolute Gasteiger partial charge is 0.478 e. The van der Waals surface area contributed by atoms with E-state index in [-0.39, 0.29) is 5.56 Å². The molecule has 104 valence electrons. The van der Waals surface area contributed by atoms with Crippen molar-refractivity contribution in [3.05, 3.63) is 23.4 Å². The van der Waals surface area contributed by atoms with Gasteiger partial charge >= 0.3 is 5.97 Å². The zero-order chi connectivity index (χ0) is 14.0. The first kappa shape index (κ1) is 13.8. The first-order valence-corrected chi connectivity index (χ1v) is 6.93. The molecule has 0 saturated heterocycles. The summed E-state index contributed by atoms with van der Waals surface area (Å²) in [4.78, 5) is 15.3. The van der Waals surface area contributed by atoms with Crippen LogP contribution in [0.4, 0.5) is 5.82 Å². The average Bonchev–Trinajstić information content (AvgIpc) is 2.26. The van der Waals surface area contributed by atoms with Gasteiger partial charge in [-0.1, -0.05) is 13.8 Å². The molecular formula is C15H22N2O2. The highest BCUT2D eigenvalue weighted by molar-refractivity contribution is 5.89. The van der Waals surface area contributed by atoms with Crippen molar-refractivity contribution < 1.29 is 9.90 Å². The summed E-state index contributed by atoms with van der Waals surface area (Å²) in [5, 5.41) is 12.4. The van der Waals surface area contributed by atoms with E-state index < -0.39 is 5.97 Å². The van der Waals surface area contributed by atoms with Crippen molar-refractivity contribution in [1.82, 2.24) is 4.98 Å². The molecule has 1 heterocycles. The number of carboxylic acid groups (broad SMARTS) is 1.